The van der Waals surface area contributed by atoms with E-state index in [9.17, 15) is 4.79 Å². The maximum atomic E-state index is 10.9. The minimum Gasteiger partial charge on any atom is -0.339 e. The van der Waals surface area contributed by atoms with Gasteiger partial charge in [0.1, 0.15) is 11.6 Å². The largest absolute Gasteiger partial charge is 0.339 e. The highest BCUT2D eigenvalue weighted by molar-refractivity contribution is 5.83. The molecular weight excluding hydrogens is 226 g/mol. The number of anilines is 2. The normalized spacial score (nSPS) is 10.2. The number of carbonyl (C=O) groups is 1. The molecule has 4 nitrogen and oxygen atoms in total. The van der Waals surface area contributed by atoms with E-state index in [1.807, 2.05) is 26.0 Å². The summed E-state index contributed by atoms with van der Waals surface area (Å²) in [5.74, 6) is 1.18. The molecule has 4 heteroatoms. The molecule has 0 saturated carbocycles. The molecule has 1 aromatic carbocycles. The molecule has 0 radical (unpaired) electrons. The molecule has 1 aromatic heterocycles. The van der Waals surface area contributed by atoms with Crippen LogP contribution in [0.2, 0.25) is 0 Å². The molecule has 0 aliphatic carbocycles. The summed E-state index contributed by atoms with van der Waals surface area (Å²) in [5, 5.41) is 3.18. The molecule has 2 rings (SSSR count). The van der Waals surface area contributed by atoms with Crippen molar-refractivity contribution in [3.05, 3.63) is 46.9 Å². The number of aryl methyl sites for hydroxylation is 3. The quantitative estimate of drug-likeness (QED) is 0.839. The molecule has 0 fully saturated rings. The van der Waals surface area contributed by atoms with Crippen molar-refractivity contribution in [2.45, 2.75) is 20.8 Å². The lowest BCUT2D eigenvalue weighted by atomic mass is 10.1. The first kappa shape index (κ1) is 12.2. The van der Waals surface area contributed by atoms with Gasteiger partial charge in [-0.25, -0.2) is 9.97 Å². The van der Waals surface area contributed by atoms with Gasteiger partial charge in [0, 0.05) is 11.9 Å². The van der Waals surface area contributed by atoms with E-state index in [1.165, 1.54) is 11.8 Å². The smallest absolute Gasteiger partial charge is 0.155 e. The number of carbonyl (C=O) groups excluding carboxylic acids is 1. The maximum absolute atomic E-state index is 10.9. The van der Waals surface area contributed by atoms with Gasteiger partial charge in [-0.05, 0) is 32.4 Å². The van der Waals surface area contributed by atoms with Crippen LogP contribution in [-0.2, 0) is 0 Å². The van der Waals surface area contributed by atoms with Crippen molar-refractivity contribution in [2.24, 2.45) is 0 Å². The SMILES string of the molecule is Cc1ccc(Nc2nc(C)ncc2C=O)c(C)c1. The number of benzene rings is 1. The van der Waals surface area contributed by atoms with Gasteiger partial charge in [0.25, 0.3) is 0 Å². The molecule has 18 heavy (non-hydrogen) atoms. The molecule has 0 unspecified atom stereocenters. The highest BCUT2D eigenvalue weighted by atomic mass is 16.1. The van der Waals surface area contributed by atoms with Crippen LogP contribution in [0.4, 0.5) is 11.5 Å². The van der Waals surface area contributed by atoms with E-state index in [4.69, 9.17) is 0 Å². The fourth-order valence-electron chi connectivity index (χ4n) is 1.75. The summed E-state index contributed by atoms with van der Waals surface area (Å²) in [6.45, 7) is 5.86. The zero-order valence-electron chi connectivity index (χ0n) is 10.7. The second kappa shape index (κ2) is 4.96. The lowest BCUT2D eigenvalue weighted by Crippen LogP contribution is -2.02. The van der Waals surface area contributed by atoms with E-state index in [1.54, 1.807) is 6.92 Å². The van der Waals surface area contributed by atoms with Crippen molar-refractivity contribution in [1.82, 2.24) is 9.97 Å². The van der Waals surface area contributed by atoms with Gasteiger partial charge in [-0.3, -0.25) is 4.79 Å². The second-order valence-corrected chi connectivity index (χ2v) is 4.28. The third-order valence-electron chi connectivity index (χ3n) is 2.70. The Kier molecular flexibility index (Phi) is 3.37. The molecular formula is C14H15N3O. The molecule has 1 N–H and O–H groups in total. The Bertz CT molecular complexity index is 594. The Labute approximate surface area is 106 Å². The standard InChI is InChI=1S/C14H15N3O/c1-9-4-5-13(10(2)6-9)17-14-12(8-18)7-15-11(3)16-14/h4-8H,1-3H3,(H,15,16,17). The van der Waals surface area contributed by atoms with Gasteiger partial charge in [-0.2, -0.15) is 0 Å². The Hall–Kier alpha value is -2.23. The molecule has 2 aromatic rings. The topological polar surface area (TPSA) is 54.9 Å². The monoisotopic (exact) mass is 241 g/mol. The number of nitrogens with zero attached hydrogens (tertiary/aromatic N) is 2. The van der Waals surface area contributed by atoms with E-state index in [0.29, 0.717) is 17.2 Å². The van der Waals surface area contributed by atoms with Gasteiger partial charge in [-0.15, -0.1) is 0 Å². The van der Waals surface area contributed by atoms with Crippen molar-refractivity contribution < 1.29 is 4.79 Å². The number of hydrogen-bond acceptors (Lipinski definition) is 4. The first-order chi connectivity index (χ1) is 8.60. The van der Waals surface area contributed by atoms with E-state index in [2.05, 4.69) is 21.4 Å². The van der Waals surface area contributed by atoms with Gasteiger partial charge in [0.15, 0.2) is 6.29 Å². The summed E-state index contributed by atoms with van der Waals surface area (Å²) in [6, 6.07) is 6.08. The van der Waals surface area contributed by atoms with E-state index < -0.39 is 0 Å². The van der Waals surface area contributed by atoms with E-state index in [0.717, 1.165) is 17.5 Å². The number of aromatic nitrogens is 2. The molecule has 92 valence electrons. The van der Waals surface area contributed by atoms with Crippen LogP contribution in [0, 0.1) is 20.8 Å². The molecule has 0 aliphatic rings. The minimum atomic E-state index is 0.459. The van der Waals surface area contributed by atoms with E-state index >= 15 is 0 Å². The highest BCUT2D eigenvalue weighted by Crippen LogP contribution is 2.21. The average molecular weight is 241 g/mol. The van der Waals surface area contributed by atoms with Crippen LogP contribution >= 0.6 is 0 Å². The zero-order valence-corrected chi connectivity index (χ0v) is 10.7. The van der Waals surface area contributed by atoms with Crippen LogP contribution < -0.4 is 5.32 Å². The van der Waals surface area contributed by atoms with Crippen LogP contribution in [0.5, 0.6) is 0 Å². The number of hydrogen-bond donors (Lipinski definition) is 1. The van der Waals surface area contributed by atoms with Crippen LogP contribution in [0.15, 0.2) is 24.4 Å². The van der Waals surface area contributed by atoms with Gasteiger partial charge in [0.05, 0.1) is 5.56 Å². The van der Waals surface area contributed by atoms with Crippen molar-refractivity contribution >= 4 is 17.8 Å². The van der Waals surface area contributed by atoms with Crippen LogP contribution in [-0.4, -0.2) is 16.3 Å². The first-order valence-corrected chi connectivity index (χ1v) is 5.73. The Morgan fingerprint density at radius 1 is 1.22 bits per heavy atom. The second-order valence-electron chi connectivity index (χ2n) is 4.28. The molecule has 0 bridgehead atoms. The average Bonchev–Trinajstić information content (AvgIpc) is 2.33. The van der Waals surface area contributed by atoms with Gasteiger partial charge in [-0.1, -0.05) is 17.7 Å². The fraction of sp³-hybridized carbons (Fsp3) is 0.214. The molecule has 0 atom stereocenters. The lowest BCUT2D eigenvalue weighted by Gasteiger charge is -2.11. The fourth-order valence-corrected chi connectivity index (χ4v) is 1.75. The Balaban J connectivity index is 2.39. The Morgan fingerprint density at radius 2 is 2.00 bits per heavy atom. The first-order valence-electron chi connectivity index (χ1n) is 5.73. The van der Waals surface area contributed by atoms with Crippen molar-refractivity contribution in [2.75, 3.05) is 5.32 Å². The third-order valence-corrected chi connectivity index (χ3v) is 2.70. The predicted molar refractivity (Wildman–Crippen MR) is 71.4 cm³/mol. The number of aldehydes is 1. The molecule has 0 amide bonds. The predicted octanol–water partition coefficient (Wildman–Crippen LogP) is 2.96. The highest BCUT2D eigenvalue weighted by Gasteiger charge is 2.06. The maximum Gasteiger partial charge on any atom is 0.155 e. The van der Waals surface area contributed by atoms with Gasteiger partial charge >= 0.3 is 0 Å². The Morgan fingerprint density at radius 3 is 2.67 bits per heavy atom. The van der Waals surface area contributed by atoms with Gasteiger partial charge in [0.2, 0.25) is 0 Å². The summed E-state index contributed by atoms with van der Waals surface area (Å²) in [7, 11) is 0. The van der Waals surface area contributed by atoms with Crippen molar-refractivity contribution in [1.29, 1.82) is 0 Å². The summed E-state index contributed by atoms with van der Waals surface area (Å²) in [4.78, 5) is 19.2. The van der Waals surface area contributed by atoms with Crippen LogP contribution in [0.1, 0.15) is 27.3 Å². The van der Waals surface area contributed by atoms with Crippen molar-refractivity contribution in [3.8, 4) is 0 Å². The zero-order chi connectivity index (χ0) is 13.1. The minimum absolute atomic E-state index is 0.459. The van der Waals surface area contributed by atoms with Crippen LogP contribution in [0.3, 0.4) is 0 Å². The van der Waals surface area contributed by atoms with Crippen LogP contribution in [0.25, 0.3) is 0 Å². The lowest BCUT2D eigenvalue weighted by molar-refractivity contribution is 0.112. The number of rotatable bonds is 3. The molecule has 0 spiro atoms. The third kappa shape index (κ3) is 2.53. The van der Waals surface area contributed by atoms with Gasteiger partial charge < -0.3 is 5.32 Å². The molecule has 0 aliphatic heterocycles. The summed E-state index contributed by atoms with van der Waals surface area (Å²) >= 11 is 0. The summed E-state index contributed by atoms with van der Waals surface area (Å²) in [6.07, 6.45) is 2.28. The molecule has 1 heterocycles. The molecule has 0 saturated heterocycles. The number of nitrogens with one attached hydrogen (secondary N) is 1. The summed E-state index contributed by atoms with van der Waals surface area (Å²) < 4.78 is 0. The van der Waals surface area contributed by atoms with Crippen molar-refractivity contribution in [3.63, 3.8) is 0 Å². The van der Waals surface area contributed by atoms with E-state index in [-0.39, 0.29) is 0 Å². The summed E-state index contributed by atoms with van der Waals surface area (Å²) in [5.41, 5.74) is 3.72.